The van der Waals surface area contributed by atoms with Crippen molar-refractivity contribution in [2.75, 3.05) is 0 Å². The van der Waals surface area contributed by atoms with Crippen molar-refractivity contribution in [3.8, 4) is 0 Å². The summed E-state index contributed by atoms with van der Waals surface area (Å²) in [5, 5.41) is 8.41. The number of halogens is 1. The molecule has 0 rings (SSSR count). The minimum Gasteiger partial charge on any atom is -0.481 e. The molecule has 0 saturated carbocycles. The van der Waals surface area contributed by atoms with E-state index in [1.807, 2.05) is 0 Å². The van der Waals surface area contributed by atoms with E-state index < -0.39 is 13.4 Å². The van der Waals surface area contributed by atoms with Gasteiger partial charge in [0.1, 0.15) is 7.38 Å². The van der Waals surface area contributed by atoms with Gasteiger partial charge in [-0.2, -0.15) is 11.1 Å². The zero-order valence-electron chi connectivity index (χ0n) is 9.18. The highest BCUT2D eigenvalue weighted by Gasteiger charge is 2.15. The van der Waals surface area contributed by atoms with Crippen LogP contribution in [0.5, 0.6) is 0 Å². The van der Waals surface area contributed by atoms with Crippen molar-refractivity contribution < 1.29 is 9.90 Å². The number of unbranched alkanes of at least 4 members (excludes halogenated alkanes) is 4. The molecule has 0 amide bonds. The molecule has 0 aromatic rings. The zero-order valence-corrected chi connectivity index (χ0v) is 10.9. The molecule has 0 saturated heterocycles. The van der Waals surface area contributed by atoms with Crippen LogP contribution in [0.2, 0.25) is 19.1 Å². The number of rotatable bonds is 8. The maximum atomic E-state index is 10.2. The van der Waals surface area contributed by atoms with Crippen LogP contribution < -0.4 is 0 Å². The second-order valence-electron chi connectivity index (χ2n) is 4.38. The van der Waals surface area contributed by atoms with E-state index in [1.54, 1.807) is 0 Å². The summed E-state index contributed by atoms with van der Waals surface area (Å²) in [6.07, 6.45) is 5.72. The number of carbonyl (C=O) groups is 1. The second-order valence-corrected chi connectivity index (χ2v) is 11.4. The summed E-state index contributed by atoms with van der Waals surface area (Å²) >= 11 is 6.18. The molecule has 4 heteroatoms. The van der Waals surface area contributed by atoms with Crippen molar-refractivity contribution in [2.24, 2.45) is 0 Å². The fraction of sp³-hybridized carbons (Fsp3) is 0.900. The average Bonchev–Trinajstić information content (AvgIpc) is 2.00. The lowest BCUT2D eigenvalue weighted by Crippen LogP contribution is -2.14. The van der Waals surface area contributed by atoms with Crippen LogP contribution in [0.4, 0.5) is 0 Å². The Kier molecular flexibility index (Phi) is 7.28. The first-order valence-corrected chi connectivity index (χ1v) is 9.54. The monoisotopic (exact) mass is 236 g/mol. The highest BCUT2D eigenvalue weighted by molar-refractivity contribution is 7.19. The van der Waals surface area contributed by atoms with Gasteiger partial charge in [0.05, 0.1) is 0 Å². The number of hydrogen-bond acceptors (Lipinski definition) is 1. The molecule has 0 bridgehead atoms. The van der Waals surface area contributed by atoms with Gasteiger partial charge in [0.15, 0.2) is 0 Å². The Hall–Kier alpha value is -0.0231. The van der Waals surface area contributed by atoms with Gasteiger partial charge in [0, 0.05) is 6.42 Å². The van der Waals surface area contributed by atoms with Gasteiger partial charge in [0.25, 0.3) is 0 Å². The highest BCUT2D eigenvalue weighted by atomic mass is 35.6. The van der Waals surface area contributed by atoms with E-state index in [9.17, 15) is 4.79 Å². The molecule has 0 radical (unpaired) electrons. The molecule has 0 unspecified atom stereocenters. The van der Waals surface area contributed by atoms with E-state index in [1.165, 1.54) is 18.9 Å². The van der Waals surface area contributed by atoms with Crippen molar-refractivity contribution in [1.29, 1.82) is 0 Å². The topological polar surface area (TPSA) is 37.3 Å². The molecule has 0 spiro atoms. The van der Waals surface area contributed by atoms with Gasteiger partial charge in [-0.05, 0) is 12.5 Å². The third-order valence-electron chi connectivity index (χ3n) is 2.16. The van der Waals surface area contributed by atoms with E-state index in [0.29, 0.717) is 6.42 Å². The van der Waals surface area contributed by atoms with Gasteiger partial charge in [0.2, 0.25) is 0 Å². The zero-order chi connectivity index (χ0) is 11.0. The number of hydrogen-bond donors (Lipinski definition) is 1. The average molecular weight is 237 g/mol. The quantitative estimate of drug-likeness (QED) is 0.395. The fourth-order valence-corrected chi connectivity index (χ4v) is 2.84. The summed E-state index contributed by atoms with van der Waals surface area (Å²) in [7, 11) is -1.37. The third kappa shape index (κ3) is 12.0. The Bertz CT molecular complexity index is 166. The summed E-state index contributed by atoms with van der Waals surface area (Å²) in [4.78, 5) is 10.2. The van der Waals surface area contributed by atoms with Crippen LogP contribution in [0.1, 0.15) is 38.5 Å². The molecular formula is C10H21ClO2Si. The Morgan fingerprint density at radius 2 is 1.64 bits per heavy atom. The minimum absolute atomic E-state index is 0.315. The molecule has 0 aliphatic heterocycles. The van der Waals surface area contributed by atoms with Gasteiger partial charge in [-0.1, -0.05) is 38.8 Å². The molecule has 0 fully saturated rings. The standard InChI is InChI=1S/C10H21ClO2Si/c1-14(2,11)9-7-5-3-4-6-8-10(12)13/h3-9H2,1-2H3,(H,12,13). The first-order chi connectivity index (χ1) is 6.42. The lowest BCUT2D eigenvalue weighted by Gasteiger charge is -2.11. The van der Waals surface area contributed by atoms with Crippen LogP contribution in [0, 0.1) is 0 Å². The molecule has 14 heavy (non-hydrogen) atoms. The third-order valence-corrected chi connectivity index (χ3v) is 4.27. The van der Waals surface area contributed by atoms with Crippen molar-refractivity contribution >= 4 is 24.4 Å². The predicted octanol–water partition coefficient (Wildman–Crippen LogP) is 3.86. The molecule has 84 valence electrons. The smallest absolute Gasteiger partial charge is 0.303 e. The number of carboxylic acid groups (broad SMARTS) is 1. The fourth-order valence-electron chi connectivity index (χ4n) is 1.35. The maximum absolute atomic E-state index is 10.2. The summed E-state index contributed by atoms with van der Waals surface area (Å²) in [5.41, 5.74) is 0. The van der Waals surface area contributed by atoms with Crippen molar-refractivity contribution in [3.63, 3.8) is 0 Å². The number of carboxylic acids is 1. The highest BCUT2D eigenvalue weighted by Crippen LogP contribution is 2.19. The van der Waals surface area contributed by atoms with Gasteiger partial charge in [-0.15, -0.1) is 0 Å². The SMILES string of the molecule is C[Si](C)(Cl)CCCCCCCC(=O)O. The first-order valence-electron chi connectivity index (χ1n) is 5.32. The van der Waals surface area contributed by atoms with Gasteiger partial charge >= 0.3 is 5.97 Å². The van der Waals surface area contributed by atoms with Crippen LogP contribution in [0.3, 0.4) is 0 Å². The van der Waals surface area contributed by atoms with Crippen LogP contribution in [0.15, 0.2) is 0 Å². The van der Waals surface area contributed by atoms with E-state index >= 15 is 0 Å². The van der Waals surface area contributed by atoms with E-state index in [0.717, 1.165) is 19.3 Å². The van der Waals surface area contributed by atoms with E-state index in [-0.39, 0.29) is 0 Å². The summed E-state index contributed by atoms with van der Waals surface area (Å²) in [6, 6.07) is 1.17. The minimum atomic E-state index is -1.37. The molecule has 0 aromatic heterocycles. The Balaban J connectivity index is 3.11. The molecule has 2 nitrogen and oxygen atoms in total. The molecule has 0 aliphatic rings. The van der Waals surface area contributed by atoms with Crippen molar-refractivity contribution in [1.82, 2.24) is 0 Å². The summed E-state index contributed by atoms with van der Waals surface area (Å²) in [5.74, 6) is -0.681. The molecule has 0 atom stereocenters. The van der Waals surface area contributed by atoms with Crippen LogP contribution >= 0.6 is 11.1 Å². The van der Waals surface area contributed by atoms with Gasteiger partial charge in [-0.3, -0.25) is 4.79 Å². The summed E-state index contributed by atoms with van der Waals surface area (Å²) < 4.78 is 0. The van der Waals surface area contributed by atoms with Crippen molar-refractivity contribution in [3.05, 3.63) is 0 Å². The lowest BCUT2D eigenvalue weighted by molar-refractivity contribution is -0.137. The van der Waals surface area contributed by atoms with E-state index in [4.69, 9.17) is 16.2 Å². The van der Waals surface area contributed by atoms with Gasteiger partial charge in [-0.25, -0.2) is 0 Å². The Labute approximate surface area is 92.4 Å². The predicted molar refractivity (Wildman–Crippen MR) is 63.5 cm³/mol. The van der Waals surface area contributed by atoms with Crippen molar-refractivity contribution in [2.45, 2.75) is 57.7 Å². The molecule has 0 heterocycles. The van der Waals surface area contributed by atoms with E-state index in [2.05, 4.69) is 13.1 Å². The second kappa shape index (κ2) is 7.29. The molecular weight excluding hydrogens is 216 g/mol. The largest absolute Gasteiger partial charge is 0.481 e. The molecule has 1 N–H and O–H groups in total. The first kappa shape index (κ1) is 14.0. The number of aliphatic carboxylic acids is 1. The van der Waals surface area contributed by atoms with Crippen LogP contribution in [-0.4, -0.2) is 18.5 Å². The van der Waals surface area contributed by atoms with Crippen LogP contribution in [0.25, 0.3) is 0 Å². The maximum Gasteiger partial charge on any atom is 0.303 e. The Morgan fingerprint density at radius 3 is 2.14 bits per heavy atom. The normalized spacial score (nSPS) is 11.6. The van der Waals surface area contributed by atoms with Gasteiger partial charge < -0.3 is 5.11 Å². The molecule has 0 aliphatic carbocycles. The Morgan fingerprint density at radius 1 is 1.14 bits per heavy atom. The lowest BCUT2D eigenvalue weighted by atomic mass is 10.1. The summed E-state index contributed by atoms with van der Waals surface area (Å²) in [6.45, 7) is 4.33. The molecule has 0 aromatic carbocycles. The van der Waals surface area contributed by atoms with Crippen LogP contribution in [-0.2, 0) is 4.79 Å².